The van der Waals surface area contributed by atoms with Crippen LogP contribution in [-0.4, -0.2) is 6.21 Å². The normalized spacial score (nSPS) is 10.9. The number of benzene rings is 2. The van der Waals surface area contributed by atoms with E-state index >= 15 is 0 Å². The Morgan fingerprint density at radius 1 is 1.10 bits per heavy atom. The Bertz CT molecular complexity index is 594. The predicted molar refractivity (Wildman–Crippen MR) is 74.6 cm³/mol. The monoisotopic (exact) mass is 275 g/mol. The number of aryl methyl sites for hydroxylation is 1. The molecule has 0 spiro atoms. The van der Waals surface area contributed by atoms with Gasteiger partial charge < -0.3 is 4.84 Å². The average molecular weight is 275 g/mol. The van der Waals surface area contributed by atoms with Crippen LogP contribution in [0.4, 0.5) is 8.78 Å². The number of halogens is 2. The van der Waals surface area contributed by atoms with Crippen LogP contribution in [0.5, 0.6) is 0 Å². The molecule has 2 rings (SSSR count). The quantitative estimate of drug-likeness (QED) is 0.595. The third kappa shape index (κ3) is 3.88. The van der Waals surface area contributed by atoms with Gasteiger partial charge in [-0.15, -0.1) is 0 Å². The predicted octanol–water partition coefficient (Wildman–Crippen LogP) is 4.08. The van der Waals surface area contributed by atoms with Gasteiger partial charge >= 0.3 is 0 Å². The van der Waals surface area contributed by atoms with E-state index in [4.69, 9.17) is 4.84 Å². The first kappa shape index (κ1) is 14.2. The first-order valence-electron chi connectivity index (χ1n) is 6.37. The van der Waals surface area contributed by atoms with Gasteiger partial charge in [-0.1, -0.05) is 36.3 Å². The zero-order valence-electron chi connectivity index (χ0n) is 11.1. The van der Waals surface area contributed by atoms with E-state index < -0.39 is 11.6 Å². The lowest BCUT2D eigenvalue weighted by Crippen LogP contribution is -1.93. The largest absolute Gasteiger partial charge is 0.391 e. The van der Waals surface area contributed by atoms with Crippen LogP contribution >= 0.6 is 0 Å². The van der Waals surface area contributed by atoms with Crippen molar-refractivity contribution in [3.8, 4) is 0 Å². The molecule has 0 N–H and O–H groups in total. The Kier molecular flexibility index (Phi) is 4.82. The average Bonchev–Trinajstić information content (AvgIpc) is 2.46. The van der Waals surface area contributed by atoms with Gasteiger partial charge in [0.2, 0.25) is 0 Å². The molecule has 0 amide bonds. The maximum atomic E-state index is 13.3. The van der Waals surface area contributed by atoms with Crippen molar-refractivity contribution in [2.45, 2.75) is 20.0 Å². The SMILES string of the molecule is CCc1ccc(C=NOCc2ccc(F)cc2F)cc1. The first-order valence-corrected chi connectivity index (χ1v) is 6.37. The zero-order valence-corrected chi connectivity index (χ0v) is 11.1. The smallest absolute Gasteiger partial charge is 0.145 e. The molecule has 0 aliphatic rings. The summed E-state index contributed by atoms with van der Waals surface area (Å²) in [5.74, 6) is -1.24. The van der Waals surface area contributed by atoms with E-state index in [1.807, 2.05) is 24.3 Å². The lowest BCUT2D eigenvalue weighted by Gasteiger charge is -2.02. The molecular weight excluding hydrogens is 260 g/mol. The molecule has 2 aromatic carbocycles. The molecule has 0 saturated carbocycles. The van der Waals surface area contributed by atoms with Crippen molar-refractivity contribution in [2.24, 2.45) is 5.16 Å². The van der Waals surface area contributed by atoms with Gasteiger partial charge in [-0.25, -0.2) is 8.78 Å². The number of hydrogen-bond acceptors (Lipinski definition) is 2. The third-order valence-electron chi connectivity index (χ3n) is 2.90. The second-order valence-corrected chi connectivity index (χ2v) is 4.34. The van der Waals surface area contributed by atoms with Crippen LogP contribution in [0.15, 0.2) is 47.6 Å². The highest BCUT2D eigenvalue weighted by Crippen LogP contribution is 2.10. The molecule has 20 heavy (non-hydrogen) atoms. The minimum Gasteiger partial charge on any atom is -0.391 e. The maximum Gasteiger partial charge on any atom is 0.145 e. The molecule has 0 atom stereocenters. The van der Waals surface area contributed by atoms with Crippen LogP contribution in [0, 0.1) is 11.6 Å². The Balaban J connectivity index is 1.89. The van der Waals surface area contributed by atoms with Gasteiger partial charge in [0, 0.05) is 11.6 Å². The second kappa shape index (κ2) is 6.80. The highest BCUT2D eigenvalue weighted by molar-refractivity contribution is 5.79. The molecule has 0 aromatic heterocycles. The number of hydrogen-bond donors (Lipinski definition) is 0. The molecule has 0 heterocycles. The first-order chi connectivity index (χ1) is 9.69. The fraction of sp³-hybridized carbons (Fsp3) is 0.188. The molecule has 2 nitrogen and oxygen atoms in total. The molecule has 0 radical (unpaired) electrons. The van der Waals surface area contributed by atoms with E-state index in [0.717, 1.165) is 18.1 Å². The van der Waals surface area contributed by atoms with Crippen molar-refractivity contribution >= 4 is 6.21 Å². The Morgan fingerprint density at radius 2 is 1.85 bits per heavy atom. The van der Waals surface area contributed by atoms with Gasteiger partial charge in [0.15, 0.2) is 0 Å². The summed E-state index contributed by atoms with van der Waals surface area (Å²) >= 11 is 0. The highest BCUT2D eigenvalue weighted by Gasteiger charge is 2.03. The van der Waals surface area contributed by atoms with E-state index in [0.29, 0.717) is 0 Å². The number of nitrogens with zero attached hydrogens (tertiary/aromatic N) is 1. The summed E-state index contributed by atoms with van der Waals surface area (Å²) in [4.78, 5) is 5.01. The van der Waals surface area contributed by atoms with Crippen molar-refractivity contribution in [1.29, 1.82) is 0 Å². The Hall–Kier alpha value is -2.23. The summed E-state index contributed by atoms with van der Waals surface area (Å²) in [6.45, 7) is 2.05. The molecular formula is C16H15F2NO. The summed E-state index contributed by atoms with van der Waals surface area (Å²) < 4.78 is 26.0. The molecule has 0 aliphatic carbocycles. The maximum absolute atomic E-state index is 13.3. The highest BCUT2D eigenvalue weighted by atomic mass is 19.1. The van der Waals surface area contributed by atoms with Crippen LogP contribution in [-0.2, 0) is 17.9 Å². The summed E-state index contributed by atoms with van der Waals surface area (Å²) in [6, 6.07) is 11.3. The van der Waals surface area contributed by atoms with Crippen molar-refractivity contribution in [3.05, 3.63) is 70.8 Å². The molecule has 0 fully saturated rings. The minimum atomic E-state index is -0.632. The fourth-order valence-electron chi connectivity index (χ4n) is 1.68. The lowest BCUT2D eigenvalue weighted by molar-refractivity contribution is 0.129. The summed E-state index contributed by atoms with van der Waals surface area (Å²) in [6.07, 6.45) is 2.54. The van der Waals surface area contributed by atoms with Crippen LogP contribution in [0.1, 0.15) is 23.6 Å². The molecule has 104 valence electrons. The Morgan fingerprint density at radius 3 is 2.50 bits per heavy atom. The van der Waals surface area contributed by atoms with Crippen LogP contribution in [0.25, 0.3) is 0 Å². The molecule has 0 unspecified atom stereocenters. The van der Waals surface area contributed by atoms with Gasteiger partial charge in [-0.05, 0) is 29.7 Å². The second-order valence-electron chi connectivity index (χ2n) is 4.34. The summed E-state index contributed by atoms with van der Waals surface area (Å²) in [5, 5.41) is 3.77. The van der Waals surface area contributed by atoms with Crippen LogP contribution < -0.4 is 0 Å². The molecule has 0 saturated heterocycles. The summed E-state index contributed by atoms with van der Waals surface area (Å²) in [5.41, 5.74) is 2.42. The van der Waals surface area contributed by atoms with Crippen LogP contribution in [0.2, 0.25) is 0 Å². The third-order valence-corrected chi connectivity index (χ3v) is 2.90. The van der Waals surface area contributed by atoms with E-state index in [2.05, 4.69) is 12.1 Å². The molecule has 2 aromatic rings. The van der Waals surface area contributed by atoms with E-state index in [1.54, 1.807) is 6.21 Å². The fourth-order valence-corrected chi connectivity index (χ4v) is 1.68. The number of rotatable bonds is 5. The van der Waals surface area contributed by atoms with Crippen molar-refractivity contribution in [1.82, 2.24) is 0 Å². The van der Waals surface area contributed by atoms with Gasteiger partial charge in [-0.3, -0.25) is 0 Å². The van der Waals surface area contributed by atoms with Crippen molar-refractivity contribution < 1.29 is 13.6 Å². The molecule has 4 heteroatoms. The Labute approximate surface area is 116 Å². The molecule has 0 aliphatic heterocycles. The minimum absolute atomic E-state index is 0.0321. The van der Waals surface area contributed by atoms with Gasteiger partial charge in [0.25, 0.3) is 0 Å². The summed E-state index contributed by atoms with van der Waals surface area (Å²) in [7, 11) is 0. The van der Waals surface area contributed by atoms with E-state index in [-0.39, 0.29) is 12.2 Å². The van der Waals surface area contributed by atoms with Gasteiger partial charge in [-0.2, -0.15) is 0 Å². The van der Waals surface area contributed by atoms with Gasteiger partial charge in [0.05, 0.1) is 6.21 Å². The van der Waals surface area contributed by atoms with Crippen LogP contribution in [0.3, 0.4) is 0 Å². The zero-order chi connectivity index (χ0) is 14.4. The van der Waals surface area contributed by atoms with Crippen molar-refractivity contribution in [2.75, 3.05) is 0 Å². The number of oxime groups is 1. The standard InChI is InChI=1S/C16H15F2NO/c1-2-12-3-5-13(6-4-12)10-19-20-11-14-7-8-15(17)9-16(14)18/h3-10H,2,11H2,1H3. The topological polar surface area (TPSA) is 21.6 Å². The van der Waals surface area contributed by atoms with E-state index in [9.17, 15) is 8.78 Å². The van der Waals surface area contributed by atoms with Gasteiger partial charge in [0.1, 0.15) is 18.2 Å². The van der Waals surface area contributed by atoms with Crippen molar-refractivity contribution in [3.63, 3.8) is 0 Å². The molecule has 0 bridgehead atoms. The lowest BCUT2D eigenvalue weighted by atomic mass is 10.1. The van der Waals surface area contributed by atoms with E-state index in [1.165, 1.54) is 17.7 Å².